The van der Waals surface area contributed by atoms with Gasteiger partial charge in [-0.1, -0.05) is 46.0 Å². The molecule has 1 aromatic rings. The van der Waals surface area contributed by atoms with Gasteiger partial charge < -0.3 is 14.6 Å². The summed E-state index contributed by atoms with van der Waals surface area (Å²) in [5.74, 6) is -2.26. The first-order valence-corrected chi connectivity index (χ1v) is 7.51. The van der Waals surface area contributed by atoms with E-state index in [1.165, 1.54) is 25.3 Å². The van der Waals surface area contributed by atoms with Crippen molar-refractivity contribution >= 4 is 11.9 Å². The summed E-state index contributed by atoms with van der Waals surface area (Å²) >= 11 is 0. The molecule has 0 spiro atoms. The normalized spacial score (nSPS) is 11.0. The molecular weight excluding hydrogens is 272 g/mol. The number of furan rings is 1. The molecule has 0 amide bonds. The Balaban J connectivity index is 2.37. The van der Waals surface area contributed by atoms with Gasteiger partial charge in [-0.25, -0.2) is 9.59 Å². The predicted octanol–water partition coefficient (Wildman–Crippen LogP) is 4.22. The second kappa shape index (κ2) is 8.49. The van der Waals surface area contributed by atoms with E-state index in [4.69, 9.17) is 14.6 Å². The number of aryl methyl sites for hydroxylation is 1. The van der Waals surface area contributed by atoms with Crippen molar-refractivity contribution in [3.05, 3.63) is 23.2 Å². The summed E-state index contributed by atoms with van der Waals surface area (Å²) in [5.41, 5.74) is 0.474. The Kier molecular flexibility index (Phi) is 6.99. The molecule has 0 atom stereocenters. The molecule has 1 rings (SSSR count). The SMILES string of the molecule is CC(C)CCCCCCCc1cc(C(=O)O)oc1C(=O)O. The molecule has 1 heterocycles. The Hall–Kier alpha value is -1.78. The average Bonchev–Trinajstić information content (AvgIpc) is 2.81. The molecule has 5 heteroatoms. The van der Waals surface area contributed by atoms with E-state index in [9.17, 15) is 9.59 Å². The molecule has 0 fully saturated rings. The molecule has 21 heavy (non-hydrogen) atoms. The maximum atomic E-state index is 11.0. The van der Waals surface area contributed by atoms with Crippen molar-refractivity contribution in [1.82, 2.24) is 0 Å². The number of carbonyl (C=O) groups is 2. The van der Waals surface area contributed by atoms with Crippen molar-refractivity contribution in [3.8, 4) is 0 Å². The van der Waals surface area contributed by atoms with E-state index in [-0.39, 0.29) is 11.5 Å². The van der Waals surface area contributed by atoms with Gasteiger partial charge in [-0.2, -0.15) is 0 Å². The monoisotopic (exact) mass is 296 g/mol. The third kappa shape index (κ3) is 6.02. The van der Waals surface area contributed by atoms with Crippen LogP contribution in [0.3, 0.4) is 0 Å². The van der Waals surface area contributed by atoms with Crippen LogP contribution in [0, 0.1) is 5.92 Å². The molecule has 0 aliphatic rings. The lowest BCUT2D eigenvalue weighted by atomic mass is 10.0. The van der Waals surface area contributed by atoms with Gasteiger partial charge in [0, 0.05) is 5.56 Å². The molecule has 118 valence electrons. The van der Waals surface area contributed by atoms with Crippen LogP contribution in [0.25, 0.3) is 0 Å². The van der Waals surface area contributed by atoms with Crippen molar-refractivity contribution in [3.63, 3.8) is 0 Å². The Morgan fingerprint density at radius 1 is 1.05 bits per heavy atom. The number of aromatic carboxylic acids is 2. The fourth-order valence-corrected chi connectivity index (χ4v) is 2.30. The predicted molar refractivity (Wildman–Crippen MR) is 78.9 cm³/mol. The van der Waals surface area contributed by atoms with E-state index >= 15 is 0 Å². The maximum absolute atomic E-state index is 11.0. The number of carboxylic acid groups (broad SMARTS) is 2. The van der Waals surface area contributed by atoms with E-state index < -0.39 is 11.9 Å². The Bertz CT molecular complexity index is 473. The molecule has 2 N–H and O–H groups in total. The van der Waals surface area contributed by atoms with Crippen molar-refractivity contribution in [2.75, 3.05) is 0 Å². The standard InChI is InChI=1S/C16H24O5/c1-11(2)8-6-4-3-5-7-9-12-10-13(15(17)18)21-14(12)16(19)20/h10-11H,3-9H2,1-2H3,(H,17,18)(H,19,20). The Morgan fingerprint density at radius 2 is 1.67 bits per heavy atom. The Labute approximate surface area is 125 Å². The minimum atomic E-state index is -1.24. The third-order valence-corrected chi connectivity index (χ3v) is 3.44. The highest BCUT2D eigenvalue weighted by Crippen LogP contribution is 2.19. The molecule has 0 aliphatic heterocycles. The lowest BCUT2D eigenvalue weighted by molar-refractivity contribution is 0.0631. The van der Waals surface area contributed by atoms with Crippen LogP contribution in [-0.2, 0) is 6.42 Å². The summed E-state index contributed by atoms with van der Waals surface area (Å²) in [6.07, 6.45) is 7.20. The Morgan fingerprint density at radius 3 is 2.24 bits per heavy atom. The van der Waals surface area contributed by atoms with Crippen molar-refractivity contribution in [2.24, 2.45) is 5.92 Å². The van der Waals surface area contributed by atoms with E-state index in [2.05, 4.69) is 13.8 Å². The number of rotatable bonds is 10. The van der Waals surface area contributed by atoms with Gasteiger partial charge in [-0.3, -0.25) is 0 Å². The summed E-state index contributed by atoms with van der Waals surface area (Å²) in [5, 5.41) is 17.8. The van der Waals surface area contributed by atoms with Crippen LogP contribution < -0.4 is 0 Å². The van der Waals surface area contributed by atoms with Gasteiger partial charge in [0.1, 0.15) is 0 Å². The van der Waals surface area contributed by atoms with E-state index in [0.29, 0.717) is 12.0 Å². The van der Waals surface area contributed by atoms with Crippen LogP contribution in [-0.4, -0.2) is 22.2 Å². The largest absolute Gasteiger partial charge is 0.475 e. The van der Waals surface area contributed by atoms with E-state index in [0.717, 1.165) is 25.2 Å². The molecule has 0 bridgehead atoms. The van der Waals surface area contributed by atoms with Crippen LogP contribution >= 0.6 is 0 Å². The minimum absolute atomic E-state index is 0.243. The van der Waals surface area contributed by atoms with Crippen molar-refractivity contribution in [2.45, 2.75) is 58.8 Å². The van der Waals surface area contributed by atoms with Gasteiger partial charge in [-0.15, -0.1) is 0 Å². The molecule has 0 saturated heterocycles. The van der Waals surface area contributed by atoms with Crippen LogP contribution in [0.1, 0.15) is 79.0 Å². The van der Waals surface area contributed by atoms with Crippen LogP contribution in [0.2, 0.25) is 0 Å². The summed E-state index contributed by atoms with van der Waals surface area (Å²) in [6.45, 7) is 4.43. The summed E-state index contributed by atoms with van der Waals surface area (Å²) in [7, 11) is 0. The molecule has 5 nitrogen and oxygen atoms in total. The van der Waals surface area contributed by atoms with Gasteiger partial charge in [0.15, 0.2) is 0 Å². The zero-order chi connectivity index (χ0) is 15.8. The first-order chi connectivity index (χ1) is 9.91. The van der Waals surface area contributed by atoms with Gasteiger partial charge in [0.05, 0.1) is 0 Å². The summed E-state index contributed by atoms with van der Waals surface area (Å²) < 4.78 is 4.86. The molecule has 0 aromatic carbocycles. The van der Waals surface area contributed by atoms with Crippen LogP contribution in [0.4, 0.5) is 0 Å². The zero-order valence-corrected chi connectivity index (χ0v) is 12.7. The lowest BCUT2D eigenvalue weighted by Crippen LogP contribution is -1.99. The van der Waals surface area contributed by atoms with Gasteiger partial charge >= 0.3 is 11.9 Å². The van der Waals surface area contributed by atoms with Crippen molar-refractivity contribution < 1.29 is 24.2 Å². The third-order valence-electron chi connectivity index (χ3n) is 3.44. The van der Waals surface area contributed by atoms with E-state index in [1.54, 1.807) is 0 Å². The number of hydrogen-bond acceptors (Lipinski definition) is 3. The van der Waals surface area contributed by atoms with Crippen molar-refractivity contribution in [1.29, 1.82) is 0 Å². The second-order valence-electron chi connectivity index (χ2n) is 5.78. The number of unbranched alkanes of at least 4 members (excludes halogenated alkanes) is 4. The minimum Gasteiger partial charge on any atom is -0.475 e. The topological polar surface area (TPSA) is 87.7 Å². The molecule has 1 aromatic heterocycles. The highest BCUT2D eigenvalue weighted by molar-refractivity contribution is 5.90. The maximum Gasteiger partial charge on any atom is 0.372 e. The average molecular weight is 296 g/mol. The molecule has 0 saturated carbocycles. The molecule has 0 aliphatic carbocycles. The summed E-state index contributed by atoms with van der Waals surface area (Å²) in [4.78, 5) is 21.8. The van der Waals surface area contributed by atoms with Gasteiger partial charge in [0.2, 0.25) is 11.5 Å². The van der Waals surface area contributed by atoms with E-state index in [1.807, 2.05) is 0 Å². The van der Waals surface area contributed by atoms with Crippen LogP contribution in [0.15, 0.2) is 10.5 Å². The molecular formula is C16H24O5. The number of hydrogen-bond donors (Lipinski definition) is 2. The number of carboxylic acids is 2. The van der Waals surface area contributed by atoms with Gasteiger partial charge in [-0.05, 0) is 24.8 Å². The highest BCUT2D eigenvalue weighted by Gasteiger charge is 2.20. The second-order valence-corrected chi connectivity index (χ2v) is 5.78. The summed E-state index contributed by atoms with van der Waals surface area (Å²) in [6, 6.07) is 1.32. The first kappa shape index (κ1) is 17.3. The van der Waals surface area contributed by atoms with Crippen LogP contribution in [0.5, 0.6) is 0 Å². The molecule has 0 radical (unpaired) electrons. The zero-order valence-electron chi connectivity index (χ0n) is 12.7. The fourth-order valence-electron chi connectivity index (χ4n) is 2.30. The fraction of sp³-hybridized carbons (Fsp3) is 0.625. The van der Waals surface area contributed by atoms with Gasteiger partial charge in [0.25, 0.3) is 0 Å². The highest BCUT2D eigenvalue weighted by atomic mass is 16.4. The quantitative estimate of drug-likeness (QED) is 0.631. The molecule has 0 unspecified atom stereocenters. The lowest BCUT2D eigenvalue weighted by Gasteiger charge is -2.04. The first-order valence-electron chi connectivity index (χ1n) is 7.51. The smallest absolute Gasteiger partial charge is 0.372 e.